The number of rotatable bonds is 3. The first-order chi connectivity index (χ1) is 10.6. The van der Waals surface area contributed by atoms with Crippen LogP contribution in [0.3, 0.4) is 0 Å². The van der Waals surface area contributed by atoms with E-state index in [1.807, 2.05) is 48.9 Å². The van der Waals surface area contributed by atoms with Crippen LogP contribution >= 0.6 is 0 Å². The Morgan fingerprint density at radius 3 is 2.36 bits per heavy atom. The van der Waals surface area contributed by atoms with Gasteiger partial charge in [0.2, 0.25) is 0 Å². The lowest BCUT2D eigenvalue weighted by atomic mass is 10.1. The third-order valence-electron chi connectivity index (χ3n) is 3.84. The van der Waals surface area contributed by atoms with Crippen LogP contribution in [0.15, 0.2) is 48.5 Å². The molecule has 22 heavy (non-hydrogen) atoms. The van der Waals surface area contributed by atoms with Crippen LogP contribution in [0.1, 0.15) is 23.7 Å². The average molecular weight is 292 g/mol. The molecule has 0 atom stereocenters. The minimum atomic E-state index is 0.272. The Kier molecular flexibility index (Phi) is 3.72. The summed E-state index contributed by atoms with van der Waals surface area (Å²) in [6.45, 7) is 6.11. The average Bonchev–Trinajstić information content (AvgIpc) is 2.85. The van der Waals surface area contributed by atoms with Gasteiger partial charge in [-0.25, -0.2) is 4.68 Å². The maximum atomic E-state index is 10.6. The van der Waals surface area contributed by atoms with Gasteiger partial charge in [0.05, 0.1) is 5.69 Å². The summed E-state index contributed by atoms with van der Waals surface area (Å²) in [6.07, 6.45) is 0.698. The number of hydrogen-bond acceptors (Lipinski definition) is 2. The molecule has 3 rings (SSSR count). The van der Waals surface area contributed by atoms with Gasteiger partial charge in [-0.05, 0) is 38.5 Å². The van der Waals surface area contributed by atoms with Crippen molar-refractivity contribution in [1.82, 2.24) is 9.78 Å². The minimum Gasteiger partial charge on any atom is -0.504 e. The molecule has 1 heterocycles. The molecular formula is C19H20N2O. The first-order valence-corrected chi connectivity index (χ1v) is 7.55. The maximum absolute atomic E-state index is 10.6. The zero-order valence-electron chi connectivity index (χ0n) is 13.2. The molecule has 0 aliphatic rings. The highest BCUT2D eigenvalue weighted by molar-refractivity contribution is 5.70. The molecule has 0 saturated carbocycles. The molecule has 1 N–H and O–H groups in total. The first kappa shape index (κ1) is 14.4. The number of benzene rings is 2. The first-order valence-electron chi connectivity index (χ1n) is 7.55. The lowest BCUT2D eigenvalue weighted by Gasteiger charge is -2.09. The normalized spacial score (nSPS) is 10.9. The number of aromatic nitrogens is 2. The van der Waals surface area contributed by atoms with Gasteiger partial charge in [-0.1, -0.05) is 48.4 Å². The molecule has 0 aliphatic heterocycles. The Balaban J connectivity index is 2.24. The Morgan fingerprint density at radius 1 is 1.00 bits per heavy atom. The summed E-state index contributed by atoms with van der Waals surface area (Å²) in [6, 6.07) is 16.3. The van der Waals surface area contributed by atoms with Crippen LogP contribution in [0.2, 0.25) is 0 Å². The van der Waals surface area contributed by atoms with Gasteiger partial charge in [0.25, 0.3) is 0 Å². The second-order valence-corrected chi connectivity index (χ2v) is 5.61. The summed E-state index contributed by atoms with van der Waals surface area (Å²) < 4.78 is 1.84. The third-order valence-corrected chi connectivity index (χ3v) is 3.84. The third kappa shape index (κ3) is 2.50. The maximum Gasteiger partial charge on any atom is 0.165 e. The van der Waals surface area contributed by atoms with Crippen LogP contribution in [0.5, 0.6) is 5.75 Å². The Bertz CT molecular complexity index is 801. The molecule has 0 saturated heterocycles. The topological polar surface area (TPSA) is 38.0 Å². The van der Waals surface area contributed by atoms with Gasteiger partial charge < -0.3 is 5.11 Å². The highest BCUT2D eigenvalue weighted by atomic mass is 16.3. The Hall–Kier alpha value is -2.55. The van der Waals surface area contributed by atoms with Gasteiger partial charge in [0.15, 0.2) is 5.75 Å². The highest BCUT2D eigenvalue weighted by Gasteiger charge is 2.18. The van der Waals surface area contributed by atoms with Gasteiger partial charge >= 0.3 is 0 Å². The molecule has 2 aromatic carbocycles. The van der Waals surface area contributed by atoms with Gasteiger partial charge in [-0.3, -0.25) is 0 Å². The highest BCUT2D eigenvalue weighted by Crippen LogP contribution is 2.35. The summed E-state index contributed by atoms with van der Waals surface area (Å²) in [5.74, 6) is 0.272. The quantitative estimate of drug-likeness (QED) is 0.775. The molecule has 0 spiro atoms. The van der Waals surface area contributed by atoms with Crippen molar-refractivity contribution in [3.63, 3.8) is 0 Å². The van der Waals surface area contributed by atoms with Gasteiger partial charge in [0.1, 0.15) is 11.4 Å². The molecule has 3 heteroatoms. The zero-order chi connectivity index (χ0) is 15.7. The van der Waals surface area contributed by atoms with Crippen LogP contribution in [0, 0.1) is 13.8 Å². The molecule has 0 fully saturated rings. The molecular weight excluding hydrogens is 272 g/mol. The van der Waals surface area contributed by atoms with E-state index < -0.39 is 0 Å². The summed E-state index contributed by atoms with van der Waals surface area (Å²) in [4.78, 5) is 0. The van der Waals surface area contributed by atoms with E-state index in [2.05, 4.69) is 30.2 Å². The van der Waals surface area contributed by atoms with Crippen molar-refractivity contribution in [1.29, 1.82) is 0 Å². The van der Waals surface area contributed by atoms with Gasteiger partial charge in [-0.15, -0.1) is 0 Å². The largest absolute Gasteiger partial charge is 0.504 e. The van der Waals surface area contributed by atoms with E-state index in [0.29, 0.717) is 6.42 Å². The van der Waals surface area contributed by atoms with E-state index in [1.54, 1.807) is 0 Å². The summed E-state index contributed by atoms with van der Waals surface area (Å²) >= 11 is 0. The van der Waals surface area contributed by atoms with Gasteiger partial charge in [-0.2, -0.15) is 5.10 Å². The van der Waals surface area contributed by atoms with E-state index >= 15 is 0 Å². The smallest absolute Gasteiger partial charge is 0.165 e. The van der Waals surface area contributed by atoms with Crippen molar-refractivity contribution < 1.29 is 5.11 Å². The summed E-state index contributed by atoms with van der Waals surface area (Å²) in [5, 5.41) is 15.2. The number of aryl methyl sites for hydroxylation is 3. The molecule has 0 aliphatic carbocycles. The zero-order valence-corrected chi connectivity index (χ0v) is 13.2. The van der Waals surface area contributed by atoms with E-state index in [-0.39, 0.29) is 5.75 Å². The predicted octanol–water partition coefficient (Wildman–Crippen LogP) is 4.42. The van der Waals surface area contributed by atoms with Crippen LogP contribution in [-0.2, 0) is 6.42 Å². The minimum absolute atomic E-state index is 0.272. The number of aromatic hydroxyl groups is 1. The van der Waals surface area contributed by atoms with Crippen LogP contribution in [-0.4, -0.2) is 14.9 Å². The second-order valence-electron chi connectivity index (χ2n) is 5.61. The SMILES string of the molecule is CCc1nn(-c2ccc(C)cc2)c(-c2cccc(C)c2)c1O. The van der Waals surface area contributed by atoms with Crippen molar-refractivity contribution in [2.45, 2.75) is 27.2 Å². The van der Waals surface area contributed by atoms with Crippen molar-refractivity contribution in [2.24, 2.45) is 0 Å². The van der Waals surface area contributed by atoms with Crippen molar-refractivity contribution in [3.8, 4) is 22.7 Å². The van der Waals surface area contributed by atoms with Crippen LogP contribution in [0.4, 0.5) is 0 Å². The molecule has 3 aromatic rings. The Labute approximate surface area is 130 Å². The molecule has 3 nitrogen and oxygen atoms in total. The van der Waals surface area contributed by atoms with E-state index in [9.17, 15) is 5.11 Å². The fourth-order valence-electron chi connectivity index (χ4n) is 2.62. The summed E-state index contributed by atoms with van der Waals surface area (Å²) in [5.41, 5.74) is 5.77. The molecule has 112 valence electrons. The fraction of sp³-hybridized carbons (Fsp3) is 0.211. The Morgan fingerprint density at radius 2 is 1.73 bits per heavy atom. The predicted molar refractivity (Wildman–Crippen MR) is 89.5 cm³/mol. The van der Waals surface area contributed by atoms with Crippen LogP contribution < -0.4 is 0 Å². The van der Waals surface area contributed by atoms with Crippen molar-refractivity contribution >= 4 is 0 Å². The fourth-order valence-corrected chi connectivity index (χ4v) is 2.62. The van der Waals surface area contributed by atoms with E-state index in [1.165, 1.54) is 5.56 Å². The van der Waals surface area contributed by atoms with Gasteiger partial charge in [0, 0.05) is 5.56 Å². The molecule has 1 aromatic heterocycles. The molecule has 0 amide bonds. The monoisotopic (exact) mass is 292 g/mol. The second kappa shape index (κ2) is 5.68. The molecule has 0 bridgehead atoms. The molecule has 0 radical (unpaired) electrons. The van der Waals surface area contributed by atoms with E-state index in [0.717, 1.165) is 28.2 Å². The van der Waals surface area contributed by atoms with Crippen molar-refractivity contribution in [3.05, 3.63) is 65.4 Å². The summed E-state index contributed by atoms with van der Waals surface area (Å²) in [7, 11) is 0. The molecule has 0 unspecified atom stereocenters. The number of hydrogen-bond donors (Lipinski definition) is 1. The van der Waals surface area contributed by atoms with Crippen LogP contribution in [0.25, 0.3) is 16.9 Å². The lowest BCUT2D eigenvalue weighted by molar-refractivity contribution is 0.471. The van der Waals surface area contributed by atoms with E-state index in [4.69, 9.17) is 0 Å². The standard InChI is InChI=1S/C19H20N2O/c1-4-17-19(22)18(15-7-5-6-14(3)12-15)21(20-17)16-10-8-13(2)9-11-16/h5-12,22H,4H2,1-3H3. The number of nitrogens with zero attached hydrogens (tertiary/aromatic N) is 2. The lowest BCUT2D eigenvalue weighted by Crippen LogP contribution is -1.99. The van der Waals surface area contributed by atoms with Crippen molar-refractivity contribution in [2.75, 3.05) is 0 Å².